The summed E-state index contributed by atoms with van der Waals surface area (Å²) < 4.78 is 3.31. The van der Waals surface area contributed by atoms with E-state index in [1.807, 2.05) is 6.20 Å². The summed E-state index contributed by atoms with van der Waals surface area (Å²) in [7, 11) is 0. The predicted octanol–water partition coefficient (Wildman–Crippen LogP) is 3.55. The lowest BCUT2D eigenvalue weighted by Gasteiger charge is -2.39. The Kier molecular flexibility index (Phi) is 4.17. The van der Waals surface area contributed by atoms with E-state index < -0.39 is 0 Å². The first-order valence-electron chi connectivity index (χ1n) is 6.88. The van der Waals surface area contributed by atoms with Crippen LogP contribution in [0.4, 0.5) is 0 Å². The zero-order valence-electron chi connectivity index (χ0n) is 11.8. The number of hydrogen-bond acceptors (Lipinski definition) is 2. The molecule has 1 aliphatic carbocycles. The Morgan fingerprint density at radius 2 is 2.17 bits per heavy atom. The van der Waals surface area contributed by atoms with Gasteiger partial charge in [0, 0.05) is 18.0 Å². The van der Waals surface area contributed by atoms with Gasteiger partial charge in [0.15, 0.2) is 0 Å². The van der Waals surface area contributed by atoms with Gasteiger partial charge in [-0.05, 0) is 68.9 Å². The second-order valence-corrected chi connectivity index (χ2v) is 7.12. The van der Waals surface area contributed by atoms with Gasteiger partial charge < -0.3 is 5.32 Å². The summed E-state index contributed by atoms with van der Waals surface area (Å²) in [5.74, 6) is 1.42. The predicted molar refractivity (Wildman–Crippen MR) is 78.8 cm³/mol. The van der Waals surface area contributed by atoms with Gasteiger partial charge in [0.1, 0.15) is 0 Å². The highest BCUT2D eigenvalue weighted by atomic mass is 79.9. The van der Waals surface area contributed by atoms with E-state index in [4.69, 9.17) is 0 Å². The molecule has 3 nitrogen and oxygen atoms in total. The molecule has 0 aromatic carbocycles. The van der Waals surface area contributed by atoms with Crippen LogP contribution in [0.3, 0.4) is 0 Å². The van der Waals surface area contributed by atoms with Crippen molar-refractivity contribution in [2.75, 3.05) is 6.54 Å². The molecular weight excluding hydrogens is 290 g/mol. The quantitative estimate of drug-likeness (QED) is 0.921. The molecule has 2 atom stereocenters. The zero-order valence-corrected chi connectivity index (χ0v) is 13.4. The average Bonchev–Trinajstić information content (AvgIpc) is 2.58. The van der Waals surface area contributed by atoms with Gasteiger partial charge in [0.05, 0.1) is 16.4 Å². The molecule has 1 heterocycles. The van der Waals surface area contributed by atoms with E-state index in [2.05, 4.69) is 58.7 Å². The van der Waals surface area contributed by atoms with Crippen LogP contribution in [0.1, 0.15) is 52.1 Å². The number of rotatable bonds is 4. The maximum absolute atomic E-state index is 4.43. The van der Waals surface area contributed by atoms with Crippen LogP contribution >= 0.6 is 15.9 Å². The standard InChI is InChI=1S/C14H24BrN3/c1-5-18-13(12(15)9-17-18)11-7-6-10(11)8-16-14(2,3)4/h9-11,16H,5-8H2,1-4H3. The van der Waals surface area contributed by atoms with Crippen LogP contribution in [0.25, 0.3) is 0 Å². The van der Waals surface area contributed by atoms with Crippen LogP contribution in [0.2, 0.25) is 0 Å². The number of nitrogens with zero attached hydrogens (tertiary/aromatic N) is 2. The van der Waals surface area contributed by atoms with Crippen molar-refractivity contribution in [1.82, 2.24) is 15.1 Å². The number of nitrogens with one attached hydrogen (secondary N) is 1. The van der Waals surface area contributed by atoms with Crippen molar-refractivity contribution in [2.24, 2.45) is 5.92 Å². The average molecular weight is 314 g/mol. The zero-order chi connectivity index (χ0) is 13.3. The molecule has 0 spiro atoms. The van der Waals surface area contributed by atoms with Crippen molar-refractivity contribution in [3.63, 3.8) is 0 Å². The summed E-state index contributed by atoms with van der Waals surface area (Å²) in [6.07, 6.45) is 4.56. The Morgan fingerprint density at radius 3 is 2.67 bits per heavy atom. The molecule has 102 valence electrons. The van der Waals surface area contributed by atoms with Crippen LogP contribution in [-0.2, 0) is 6.54 Å². The van der Waals surface area contributed by atoms with E-state index >= 15 is 0 Å². The minimum atomic E-state index is 0.211. The highest BCUT2D eigenvalue weighted by Crippen LogP contribution is 2.44. The molecule has 0 bridgehead atoms. The Labute approximate surface area is 118 Å². The van der Waals surface area contributed by atoms with Crippen LogP contribution in [0, 0.1) is 5.92 Å². The number of aryl methyl sites for hydroxylation is 1. The third kappa shape index (κ3) is 2.97. The third-order valence-corrected chi connectivity index (χ3v) is 4.41. The number of hydrogen-bond donors (Lipinski definition) is 1. The smallest absolute Gasteiger partial charge is 0.0635 e. The molecule has 4 heteroatoms. The maximum Gasteiger partial charge on any atom is 0.0635 e. The molecule has 1 saturated carbocycles. The van der Waals surface area contributed by atoms with Gasteiger partial charge in [-0.1, -0.05) is 0 Å². The van der Waals surface area contributed by atoms with Gasteiger partial charge in [-0.2, -0.15) is 5.10 Å². The fourth-order valence-corrected chi connectivity index (χ4v) is 3.19. The molecule has 1 aliphatic rings. The van der Waals surface area contributed by atoms with Gasteiger partial charge in [-0.25, -0.2) is 0 Å². The van der Waals surface area contributed by atoms with Crippen molar-refractivity contribution in [2.45, 2.75) is 58.5 Å². The molecule has 18 heavy (non-hydrogen) atoms. The lowest BCUT2D eigenvalue weighted by atomic mass is 9.71. The molecule has 1 N–H and O–H groups in total. The first kappa shape index (κ1) is 14.1. The Balaban J connectivity index is 2.03. The summed E-state index contributed by atoms with van der Waals surface area (Å²) >= 11 is 3.65. The van der Waals surface area contributed by atoms with Crippen molar-refractivity contribution in [1.29, 1.82) is 0 Å². The first-order chi connectivity index (χ1) is 8.42. The molecule has 0 amide bonds. The lowest BCUT2D eigenvalue weighted by molar-refractivity contribution is 0.215. The fourth-order valence-electron chi connectivity index (χ4n) is 2.60. The van der Waals surface area contributed by atoms with Gasteiger partial charge in [0.25, 0.3) is 0 Å². The first-order valence-corrected chi connectivity index (χ1v) is 7.68. The van der Waals surface area contributed by atoms with Gasteiger partial charge in [0.2, 0.25) is 0 Å². The van der Waals surface area contributed by atoms with Gasteiger partial charge >= 0.3 is 0 Å². The summed E-state index contributed by atoms with van der Waals surface area (Å²) in [5, 5.41) is 8.06. The summed E-state index contributed by atoms with van der Waals surface area (Å²) in [6.45, 7) is 10.9. The molecule has 0 saturated heterocycles. The second-order valence-electron chi connectivity index (χ2n) is 6.27. The molecule has 1 aromatic rings. The van der Waals surface area contributed by atoms with E-state index in [0.717, 1.165) is 19.0 Å². The summed E-state index contributed by atoms with van der Waals surface area (Å²) in [4.78, 5) is 0. The van der Waals surface area contributed by atoms with E-state index in [9.17, 15) is 0 Å². The summed E-state index contributed by atoms with van der Waals surface area (Å²) in [6, 6.07) is 0. The van der Waals surface area contributed by atoms with Crippen LogP contribution in [-0.4, -0.2) is 21.9 Å². The van der Waals surface area contributed by atoms with Crippen molar-refractivity contribution in [3.05, 3.63) is 16.4 Å². The highest BCUT2D eigenvalue weighted by Gasteiger charge is 2.35. The monoisotopic (exact) mass is 313 g/mol. The van der Waals surface area contributed by atoms with E-state index in [1.54, 1.807) is 0 Å². The summed E-state index contributed by atoms with van der Waals surface area (Å²) in [5.41, 5.74) is 1.60. The van der Waals surface area contributed by atoms with E-state index in [1.165, 1.54) is 23.0 Å². The molecule has 0 radical (unpaired) electrons. The van der Waals surface area contributed by atoms with Gasteiger partial charge in [-0.15, -0.1) is 0 Å². The molecule has 0 aliphatic heterocycles. The second kappa shape index (κ2) is 5.33. The Hall–Kier alpha value is -0.350. The minimum absolute atomic E-state index is 0.211. The Bertz CT molecular complexity index is 406. The topological polar surface area (TPSA) is 29.9 Å². The van der Waals surface area contributed by atoms with Crippen LogP contribution < -0.4 is 5.32 Å². The normalized spacial score (nSPS) is 24.1. The van der Waals surface area contributed by atoms with Gasteiger partial charge in [-0.3, -0.25) is 4.68 Å². The fraction of sp³-hybridized carbons (Fsp3) is 0.786. The Morgan fingerprint density at radius 1 is 1.44 bits per heavy atom. The number of halogens is 1. The SMILES string of the molecule is CCn1ncc(Br)c1C1CCC1CNC(C)(C)C. The maximum atomic E-state index is 4.43. The van der Waals surface area contributed by atoms with Crippen LogP contribution in [0.15, 0.2) is 10.7 Å². The number of aromatic nitrogens is 2. The molecule has 2 rings (SSSR count). The largest absolute Gasteiger partial charge is 0.312 e. The molecular formula is C14H24BrN3. The van der Waals surface area contributed by atoms with Crippen LogP contribution in [0.5, 0.6) is 0 Å². The van der Waals surface area contributed by atoms with E-state index in [0.29, 0.717) is 5.92 Å². The highest BCUT2D eigenvalue weighted by molar-refractivity contribution is 9.10. The lowest BCUT2D eigenvalue weighted by Crippen LogP contribution is -2.43. The molecule has 1 fully saturated rings. The third-order valence-electron chi connectivity index (χ3n) is 3.80. The van der Waals surface area contributed by atoms with E-state index in [-0.39, 0.29) is 5.54 Å². The van der Waals surface area contributed by atoms with Crippen molar-refractivity contribution in [3.8, 4) is 0 Å². The minimum Gasteiger partial charge on any atom is -0.312 e. The molecule has 1 aromatic heterocycles. The van der Waals surface area contributed by atoms with Crippen molar-refractivity contribution >= 4 is 15.9 Å². The molecule has 2 unspecified atom stereocenters. The van der Waals surface area contributed by atoms with Crippen molar-refractivity contribution < 1.29 is 0 Å².